The third-order valence-corrected chi connectivity index (χ3v) is 4.46. The van der Waals surface area contributed by atoms with Crippen molar-refractivity contribution in [1.82, 2.24) is 5.32 Å². The Bertz CT molecular complexity index is 649. The number of benzene rings is 2. The van der Waals surface area contributed by atoms with Crippen LogP contribution in [-0.4, -0.2) is 7.05 Å². The van der Waals surface area contributed by atoms with Gasteiger partial charge in [-0.25, -0.2) is 8.78 Å². The highest BCUT2D eigenvalue weighted by Crippen LogP contribution is 2.33. The Hall–Kier alpha value is -0.680. The molecule has 106 valence electrons. The molecular weight excluding hydrogens is 371 g/mol. The summed E-state index contributed by atoms with van der Waals surface area (Å²) < 4.78 is 27.3. The van der Waals surface area contributed by atoms with Gasteiger partial charge in [0.2, 0.25) is 0 Å². The Morgan fingerprint density at radius 1 is 1.05 bits per heavy atom. The van der Waals surface area contributed by atoms with Gasteiger partial charge in [-0.3, -0.25) is 0 Å². The van der Waals surface area contributed by atoms with Crippen LogP contribution in [0.2, 0.25) is 10.0 Å². The molecule has 0 bridgehead atoms. The molecule has 0 spiro atoms. The minimum absolute atomic E-state index is 0.161. The monoisotopic (exact) mass is 379 g/mol. The number of hydrogen-bond acceptors (Lipinski definition) is 1. The average Bonchev–Trinajstić information content (AvgIpc) is 2.40. The van der Waals surface area contributed by atoms with E-state index >= 15 is 0 Å². The van der Waals surface area contributed by atoms with Crippen molar-refractivity contribution in [2.75, 3.05) is 7.05 Å². The van der Waals surface area contributed by atoms with Gasteiger partial charge in [0.05, 0.1) is 11.1 Å². The van der Waals surface area contributed by atoms with E-state index in [-0.39, 0.29) is 11.1 Å². The fourth-order valence-corrected chi connectivity index (χ4v) is 2.73. The lowest BCUT2D eigenvalue weighted by molar-refractivity contribution is 0.505. The maximum absolute atomic E-state index is 13.4. The van der Waals surface area contributed by atoms with Gasteiger partial charge in [0.25, 0.3) is 0 Å². The van der Waals surface area contributed by atoms with Gasteiger partial charge < -0.3 is 5.32 Å². The van der Waals surface area contributed by atoms with Gasteiger partial charge in [0.15, 0.2) is 11.6 Å². The van der Waals surface area contributed by atoms with E-state index in [1.165, 1.54) is 0 Å². The van der Waals surface area contributed by atoms with Crippen molar-refractivity contribution in [3.05, 3.63) is 67.6 Å². The van der Waals surface area contributed by atoms with E-state index in [1.54, 1.807) is 25.2 Å². The van der Waals surface area contributed by atoms with Crippen LogP contribution < -0.4 is 5.32 Å². The normalized spacial score (nSPS) is 12.5. The second-order valence-corrected chi connectivity index (χ2v) is 5.85. The smallest absolute Gasteiger partial charge is 0.160 e. The molecule has 0 saturated heterocycles. The molecule has 1 atom stereocenters. The van der Waals surface area contributed by atoms with Crippen LogP contribution in [0.3, 0.4) is 0 Å². The van der Waals surface area contributed by atoms with Crippen molar-refractivity contribution in [2.45, 2.75) is 6.04 Å². The molecule has 0 aliphatic heterocycles. The lowest BCUT2D eigenvalue weighted by Crippen LogP contribution is -2.18. The summed E-state index contributed by atoms with van der Waals surface area (Å²) in [6.07, 6.45) is 0. The first-order valence-corrected chi connectivity index (χ1v) is 7.25. The third kappa shape index (κ3) is 3.14. The van der Waals surface area contributed by atoms with Crippen molar-refractivity contribution in [3.63, 3.8) is 0 Å². The van der Waals surface area contributed by atoms with Crippen LogP contribution in [0.1, 0.15) is 17.2 Å². The van der Waals surface area contributed by atoms with Gasteiger partial charge in [-0.2, -0.15) is 0 Å². The molecule has 0 saturated carbocycles. The lowest BCUT2D eigenvalue weighted by Gasteiger charge is -2.19. The Labute approximate surface area is 134 Å². The zero-order valence-corrected chi connectivity index (χ0v) is 13.5. The average molecular weight is 381 g/mol. The third-order valence-electron chi connectivity index (χ3n) is 2.92. The van der Waals surface area contributed by atoms with Crippen molar-refractivity contribution >= 4 is 39.1 Å². The zero-order valence-electron chi connectivity index (χ0n) is 10.4. The van der Waals surface area contributed by atoms with Crippen LogP contribution in [0.5, 0.6) is 0 Å². The molecule has 0 fully saturated rings. The molecule has 6 heteroatoms. The van der Waals surface area contributed by atoms with E-state index in [9.17, 15) is 8.78 Å². The van der Waals surface area contributed by atoms with E-state index in [0.717, 1.165) is 22.2 Å². The van der Waals surface area contributed by atoms with Gasteiger partial charge in [-0.05, 0) is 58.4 Å². The molecular formula is C14H10BrCl2F2N. The second kappa shape index (κ2) is 6.39. The molecule has 0 heterocycles. The van der Waals surface area contributed by atoms with Crippen LogP contribution >= 0.6 is 39.1 Å². The van der Waals surface area contributed by atoms with E-state index in [4.69, 9.17) is 23.2 Å². The Kier molecular flexibility index (Phi) is 5.02. The maximum atomic E-state index is 13.4. The van der Waals surface area contributed by atoms with Crippen LogP contribution in [0, 0.1) is 11.6 Å². The molecule has 0 radical (unpaired) electrons. The number of halogens is 5. The SMILES string of the molecule is CNC(c1ccc(Cl)c(Br)c1)c1cc(F)c(F)cc1Cl. The van der Waals surface area contributed by atoms with Crippen LogP contribution in [0.4, 0.5) is 8.78 Å². The van der Waals surface area contributed by atoms with Crippen LogP contribution in [-0.2, 0) is 0 Å². The topological polar surface area (TPSA) is 12.0 Å². The van der Waals surface area contributed by atoms with Crippen molar-refractivity contribution in [3.8, 4) is 0 Å². The number of hydrogen-bond donors (Lipinski definition) is 1. The largest absolute Gasteiger partial charge is 0.309 e. The summed E-state index contributed by atoms with van der Waals surface area (Å²) in [6, 6.07) is 7.03. The summed E-state index contributed by atoms with van der Waals surface area (Å²) >= 11 is 15.3. The quantitative estimate of drug-likeness (QED) is 0.708. The number of rotatable bonds is 3. The molecule has 0 aromatic heterocycles. The summed E-state index contributed by atoms with van der Waals surface area (Å²) in [4.78, 5) is 0. The summed E-state index contributed by atoms with van der Waals surface area (Å²) in [5.41, 5.74) is 1.29. The van der Waals surface area contributed by atoms with Gasteiger partial charge in [0.1, 0.15) is 0 Å². The zero-order chi connectivity index (χ0) is 14.9. The molecule has 2 aromatic carbocycles. The van der Waals surface area contributed by atoms with E-state index in [1.807, 2.05) is 0 Å². The molecule has 1 N–H and O–H groups in total. The van der Waals surface area contributed by atoms with Gasteiger partial charge >= 0.3 is 0 Å². The highest BCUT2D eigenvalue weighted by Gasteiger charge is 2.19. The minimum Gasteiger partial charge on any atom is -0.309 e. The first-order valence-electron chi connectivity index (χ1n) is 5.70. The molecule has 2 aromatic rings. The first-order chi connectivity index (χ1) is 9.43. The highest BCUT2D eigenvalue weighted by atomic mass is 79.9. The van der Waals surface area contributed by atoms with Crippen molar-refractivity contribution < 1.29 is 8.78 Å². The Balaban J connectivity index is 2.52. The lowest BCUT2D eigenvalue weighted by atomic mass is 9.98. The molecule has 1 unspecified atom stereocenters. The Morgan fingerprint density at radius 2 is 1.70 bits per heavy atom. The highest BCUT2D eigenvalue weighted by molar-refractivity contribution is 9.10. The molecule has 0 aliphatic carbocycles. The fraction of sp³-hybridized carbons (Fsp3) is 0.143. The Morgan fingerprint density at radius 3 is 2.30 bits per heavy atom. The van der Waals surface area contributed by atoms with Crippen LogP contribution in [0.25, 0.3) is 0 Å². The van der Waals surface area contributed by atoms with Crippen LogP contribution in [0.15, 0.2) is 34.8 Å². The predicted molar refractivity (Wildman–Crippen MR) is 81.4 cm³/mol. The van der Waals surface area contributed by atoms with Gasteiger partial charge in [0, 0.05) is 9.50 Å². The van der Waals surface area contributed by atoms with Gasteiger partial charge in [-0.1, -0.05) is 29.3 Å². The number of nitrogens with one attached hydrogen (secondary N) is 1. The molecule has 0 aliphatic rings. The second-order valence-electron chi connectivity index (χ2n) is 4.18. The van der Waals surface area contributed by atoms with E-state index in [2.05, 4.69) is 21.2 Å². The molecule has 20 heavy (non-hydrogen) atoms. The summed E-state index contributed by atoms with van der Waals surface area (Å²) in [6.45, 7) is 0. The maximum Gasteiger partial charge on any atom is 0.160 e. The first kappa shape index (κ1) is 15.7. The fourth-order valence-electron chi connectivity index (χ4n) is 1.95. The van der Waals surface area contributed by atoms with Gasteiger partial charge in [-0.15, -0.1) is 0 Å². The minimum atomic E-state index is -0.967. The van der Waals surface area contributed by atoms with E-state index in [0.29, 0.717) is 10.6 Å². The van der Waals surface area contributed by atoms with Crippen molar-refractivity contribution in [1.29, 1.82) is 0 Å². The summed E-state index contributed by atoms with van der Waals surface area (Å²) in [5, 5.41) is 3.76. The van der Waals surface area contributed by atoms with E-state index < -0.39 is 11.6 Å². The summed E-state index contributed by atoms with van der Waals surface area (Å²) in [7, 11) is 1.71. The standard InChI is InChI=1S/C14H10BrCl2F2N/c1-20-14(7-2-3-10(16)9(15)4-7)8-5-12(18)13(19)6-11(8)17/h2-6,14,20H,1H3. The molecule has 2 rings (SSSR count). The summed E-state index contributed by atoms with van der Waals surface area (Å²) in [5.74, 6) is -1.90. The van der Waals surface area contributed by atoms with Crippen molar-refractivity contribution in [2.24, 2.45) is 0 Å². The predicted octanol–water partition coefficient (Wildman–Crippen LogP) is 5.34. The molecule has 0 amide bonds. The molecule has 1 nitrogen and oxygen atoms in total.